The number of hydrogen-bond acceptors (Lipinski definition) is 1. The van der Waals surface area contributed by atoms with Crippen LogP contribution in [0.3, 0.4) is 0 Å². The second-order valence-electron chi connectivity index (χ2n) is 5.06. The zero-order chi connectivity index (χ0) is 14.4. The smallest absolute Gasteiger partial charge is 0.337 e. The largest absolute Gasteiger partial charge is 0.478 e. The summed E-state index contributed by atoms with van der Waals surface area (Å²) in [4.78, 5) is 14.4. The van der Waals surface area contributed by atoms with Gasteiger partial charge in [-0.1, -0.05) is 18.2 Å². The first-order valence-corrected chi connectivity index (χ1v) is 6.48. The Hall–Kier alpha value is -2.49. The number of hydrogen-bond donors (Lipinski definition) is 2. The third-order valence-corrected chi connectivity index (χ3v) is 3.91. The van der Waals surface area contributed by atoms with Crippen LogP contribution >= 0.6 is 0 Å². The summed E-state index contributed by atoms with van der Waals surface area (Å²) in [5.74, 6) is -0.900. The highest BCUT2D eigenvalue weighted by Crippen LogP contribution is 2.34. The van der Waals surface area contributed by atoms with Gasteiger partial charge in [-0.3, -0.25) is 0 Å². The van der Waals surface area contributed by atoms with Crippen molar-refractivity contribution in [2.75, 3.05) is 0 Å². The van der Waals surface area contributed by atoms with Crippen LogP contribution in [0.15, 0.2) is 30.3 Å². The first kappa shape index (κ1) is 12.5. The first-order chi connectivity index (χ1) is 9.50. The Morgan fingerprint density at radius 1 is 1.25 bits per heavy atom. The van der Waals surface area contributed by atoms with Crippen molar-refractivity contribution in [3.63, 3.8) is 0 Å². The molecule has 2 N–H and O–H groups in total. The Labute approximate surface area is 116 Å². The van der Waals surface area contributed by atoms with Crippen LogP contribution in [0.2, 0.25) is 0 Å². The Morgan fingerprint density at radius 3 is 2.60 bits per heavy atom. The molecule has 0 amide bonds. The number of rotatable bonds is 2. The van der Waals surface area contributed by atoms with E-state index in [4.69, 9.17) is 0 Å². The van der Waals surface area contributed by atoms with E-state index in [0.717, 1.165) is 27.9 Å². The molecule has 0 atom stereocenters. The molecule has 0 saturated carbocycles. The number of benzene rings is 1. The maximum absolute atomic E-state index is 11.2. The number of fused-ring (bicyclic) bond motifs is 1. The third kappa shape index (κ3) is 1.65. The van der Waals surface area contributed by atoms with E-state index in [0.29, 0.717) is 11.3 Å². The highest BCUT2D eigenvalue weighted by Gasteiger charge is 2.18. The summed E-state index contributed by atoms with van der Waals surface area (Å²) >= 11 is 0. The molecule has 2 aromatic heterocycles. The Balaban J connectivity index is 2.32. The van der Waals surface area contributed by atoms with Gasteiger partial charge in [-0.05, 0) is 26.0 Å². The predicted molar refractivity (Wildman–Crippen MR) is 79.1 cm³/mol. The van der Waals surface area contributed by atoms with E-state index in [1.165, 1.54) is 0 Å². The zero-order valence-electron chi connectivity index (χ0n) is 11.7. The van der Waals surface area contributed by atoms with Crippen molar-refractivity contribution in [3.8, 4) is 11.3 Å². The molecule has 0 aliphatic carbocycles. The molecule has 0 bridgehead atoms. The molecule has 0 radical (unpaired) electrons. The van der Waals surface area contributed by atoms with Crippen LogP contribution in [-0.4, -0.2) is 20.6 Å². The molecule has 20 heavy (non-hydrogen) atoms. The molecule has 3 aromatic rings. The van der Waals surface area contributed by atoms with E-state index in [1.54, 1.807) is 13.0 Å². The Bertz CT molecular complexity index is 824. The van der Waals surface area contributed by atoms with Gasteiger partial charge >= 0.3 is 5.97 Å². The van der Waals surface area contributed by atoms with Crippen molar-refractivity contribution in [3.05, 3.63) is 47.3 Å². The number of carbonyl (C=O) groups is 1. The number of carboxylic acid groups (broad SMARTS) is 1. The monoisotopic (exact) mass is 268 g/mol. The number of carboxylic acids is 1. The van der Waals surface area contributed by atoms with Crippen LogP contribution < -0.4 is 0 Å². The number of H-pyrrole nitrogens is 1. The minimum absolute atomic E-state index is 0.326. The molecule has 0 aliphatic heterocycles. The number of aromatic nitrogens is 2. The fourth-order valence-electron chi connectivity index (χ4n) is 2.78. The molecule has 2 heterocycles. The number of para-hydroxylation sites is 1. The molecule has 0 saturated heterocycles. The number of nitrogens with zero attached hydrogens (tertiary/aromatic N) is 1. The predicted octanol–water partition coefficient (Wildman–Crippen LogP) is 3.49. The van der Waals surface area contributed by atoms with Crippen molar-refractivity contribution in [2.24, 2.45) is 7.05 Å². The first-order valence-electron chi connectivity index (χ1n) is 6.48. The van der Waals surface area contributed by atoms with E-state index >= 15 is 0 Å². The molecular formula is C16H16N2O2. The molecule has 0 spiro atoms. The van der Waals surface area contributed by atoms with E-state index in [-0.39, 0.29) is 0 Å². The second-order valence-corrected chi connectivity index (χ2v) is 5.06. The summed E-state index contributed by atoms with van der Waals surface area (Å²) in [5.41, 5.74) is 5.19. The van der Waals surface area contributed by atoms with Crippen LogP contribution in [0.4, 0.5) is 0 Å². The van der Waals surface area contributed by atoms with Gasteiger partial charge in [0, 0.05) is 40.6 Å². The van der Waals surface area contributed by atoms with Crippen LogP contribution in [0.1, 0.15) is 21.7 Å². The molecule has 0 fully saturated rings. The average Bonchev–Trinajstić information content (AvgIpc) is 2.90. The number of aromatic carboxylic acids is 1. The van der Waals surface area contributed by atoms with Crippen LogP contribution in [0.5, 0.6) is 0 Å². The second kappa shape index (κ2) is 4.27. The lowest BCUT2D eigenvalue weighted by molar-refractivity contribution is 0.0696. The van der Waals surface area contributed by atoms with Crippen molar-refractivity contribution in [1.29, 1.82) is 0 Å². The lowest BCUT2D eigenvalue weighted by Gasteiger charge is -2.00. The Morgan fingerprint density at radius 2 is 1.95 bits per heavy atom. The van der Waals surface area contributed by atoms with Crippen molar-refractivity contribution < 1.29 is 9.90 Å². The molecule has 4 nitrogen and oxygen atoms in total. The highest BCUT2D eigenvalue weighted by molar-refractivity contribution is 5.99. The van der Waals surface area contributed by atoms with E-state index < -0.39 is 5.97 Å². The van der Waals surface area contributed by atoms with Gasteiger partial charge in [0.2, 0.25) is 0 Å². The molecule has 4 heteroatoms. The summed E-state index contributed by atoms with van der Waals surface area (Å²) in [7, 11) is 2.02. The summed E-state index contributed by atoms with van der Waals surface area (Å²) in [6.45, 7) is 3.83. The van der Waals surface area contributed by atoms with Gasteiger partial charge in [0.15, 0.2) is 0 Å². The van der Waals surface area contributed by atoms with E-state index in [2.05, 4.69) is 21.7 Å². The minimum Gasteiger partial charge on any atom is -0.478 e. The summed E-state index contributed by atoms with van der Waals surface area (Å²) in [5, 5.41) is 10.3. The Kier molecular flexibility index (Phi) is 2.67. The van der Waals surface area contributed by atoms with Crippen LogP contribution in [-0.2, 0) is 7.05 Å². The lowest BCUT2D eigenvalue weighted by atomic mass is 10.1. The summed E-state index contributed by atoms with van der Waals surface area (Å²) < 4.78 is 2.13. The van der Waals surface area contributed by atoms with Gasteiger partial charge in [-0.2, -0.15) is 0 Å². The van der Waals surface area contributed by atoms with Crippen molar-refractivity contribution in [1.82, 2.24) is 9.55 Å². The normalized spacial score (nSPS) is 11.2. The standard InChI is InChI=1S/C16H16N2O2/c1-9-12(16(19)20)8-13(17-9)15-10(2)18(3)14-7-5-4-6-11(14)15/h4-8,17H,1-3H3,(H,19,20). The van der Waals surface area contributed by atoms with Crippen molar-refractivity contribution >= 4 is 16.9 Å². The maximum Gasteiger partial charge on any atom is 0.337 e. The van der Waals surface area contributed by atoms with Crippen molar-refractivity contribution in [2.45, 2.75) is 13.8 Å². The van der Waals surface area contributed by atoms with E-state index in [1.807, 2.05) is 26.1 Å². The number of aryl methyl sites for hydroxylation is 2. The van der Waals surface area contributed by atoms with Gasteiger partial charge in [-0.15, -0.1) is 0 Å². The van der Waals surface area contributed by atoms with Gasteiger partial charge < -0.3 is 14.7 Å². The molecule has 102 valence electrons. The highest BCUT2D eigenvalue weighted by atomic mass is 16.4. The third-order valence-electron chi connectivity index (χ3n) is 3.91. The molecule has 0 aliphatic rings. The molecule has 1 aromatic carbocycles. The van der Waals surface area contributed by atoms with Gasteiger partial charge in [0.25, 0.3) is 0 Å². The van der Waals surface area contributed by atoms with Gasteiger partial charge in [0.1, 0.15) is 0 Å². The number of nitrogens with one attached hydrogen (secondary N) is 1. The quantitative estimate of drug-likeness (QED) is 0.747. The maximum atomic E-state index is 11.2. The van der Waals surface area contributed by atoms with Crippen LogP contribution in [0, 0.1) is 13.8 Å². The van der Waals surface area contributed by atoms with Gasteiger partial charge in [0.05, 0.1) is 5.56 Å². The van der Waals surface area contributed by atoms with E-state index in [9.17, 15) is 9.90 Å². The van der Waals surface area contributed by atoms with Gasteiger partial charge in [-0.25, -0.2) is 4.79 Å². The minimum atomic E-state index is -0.900. The molecular weight excluding hydrogens is 252 g/mol. The molecule has 3 rings (SSSR count). The zero-order valence-corrected chi connectivity index (χ0v) is 11.7. The summed E-state index contributed by atoms with van der Waals surface area (Å²) in [6.07, 6.45) is 0. The van der Waals surface area contributed by atoms with Crippen LogP contribution in [0.25, 0.3) is 22.2 Å². The topological polar surface area (TPSA) is 58.0 Å². The molecule has 0 unspecified atom stereocenters. The average molecular weight is 268 g/mol. The fraction of sp³-hybridized carbons (Fsp3) is 0.188. The lowest BCUT2D eigenvalue weighted by Crippen LogP contribution is -1.95. The number of aromatic amines is 1. The summed E-state index contributed by atoms with van der Waals surface area (Å²) in [6, 6.07) is 9.85. The SMILES string of the molecule is Cc1[nH]c(-c2c(C)n(C)c3ccccc23)cc1C(=O)O. The fourth-order valence-corrected chi connectivity index (χ4v) is 2.78.